The number of carbonyl (C=O) groups is 2. The summed E-state index contributed by atoms with van der Waals surface area (Å²) in [5.74, 6) is -0.164. The Morgan fingerprint density at radius 3 is 2.47 bits per heavy atom. The molecule has 2 atom stereocenters. The number of benzene rings is 2. The first-order valence-corrected chi connectivity index (χ1v) is 13.5. The van der Waals surface area contributed by atoms with E-state index < -0.39 is 34.2 Å². The van der Waals surface area contributed by atoms with Gasteiger partial charge in [-0.2, -0.15) is 0 Å². The Balaban J connectivity index is 1.91. The van der Waals surface area contributed by atoms with Crippen molar-refractivity contribution in [3.63, 3.8) is 0 Å². The van der Waals surface area contributed by atoms with Crippen molar-refractivity contribution in [3.05, 3.63) is 59.7 Å². The molecule has 4 N–H and O–H groups in total. The average Bonchev–Trinajstić information content (AvgIpc) is 2.81. The van der Waals surface area contributed by atoms with Gasteiger partial charge in [0.2, 0.25) is 10.0 Å². The third-order valence-corrected chi connectivity index (χ3v) is 7.57. The van der Waals surface area contributed by atoms with E-state index in [-0.39, 0.29) is 30.4 Å². The number of carboxylic acid groups (broad SMARTS) is 1. The summed E-state index contributed by atoms with van der Waals surface area (Å²) in [5, 5.41) is 24.5. The highest BCUT2D eigenvalue weighted by Crippen LogP contribution is 2.29. The molecule has 1 aliphatic heterocycles. The largest absolute Gasteiger partial charge is 0.491 e. The first-order valence-electron chi connectivity index (χ1n) is 11.9. The Kier molecular flexibility index (Phi) is 9.16. The molecule has 11 heteroatoms. The summed E-state index contributed by atoms with van der Waals surface area (Å²) in [6.07, 6.45) is -1.16. The quantitative estimate of drug-likeness (QED) is 0.377. The van der Waals surface area contributed by atoms with Crippen LogP contribution in [0.1, 0.15) is 42.6 Å². The topological polar surface area (TPSA) is 145 Å². The molecule has 2 aromatic carbocycles. The molecule has 196 valence electrons. The first-order chi connectivity index (χ1) is 17.0. The molecule has 1 aliphatic rings. The van der Waals surface area contributed by atoms with Gasteiger partial charge in [0.15, 0.2) is 0 Å². The monoisotopic (exact) mass is 519 g/mol. The maximum absolute atomic E-state index is 13.3. The molecule has 1 heterocycles. The number of amides is 2. The van der Waals surface area contributed by atoms with Crippen molar-refractivity contribution in [1.29, 1.82) is 0 Å². The molecule has 0 spiro atoms. The van der Waals surface area contributed by atoms with Crippen molar-refractivity contribution in [2.75, 3.05) is 23.1 Å². The summed E-state index contributed by atoms with van der Waals surface area (Å²) in [6.45, 7) is 3.68. The van der Waals surface area contributed by atoms with Gasteiger partial charge < -0.3 is 25.6 Å². The van der Waals surface area contributed by atoms with E-state index in [9.17, 15) is 23.1 Å². The van der Waals surface area contributed by atoms with Crippen molar-refractivity contribution in [2.24, 2.45) is 0 Å². The minimum atomic E-state index is -3.51. The molecule has 36 heavy (non-hydrogen) atoms. The van der Waals surface area contributed by atoms with E-state index in [1.54, 1.807) is 6.07 Å². The van der Waals surface area contributed by atoms with Crippen LogP contribution in [0.2, 0.25) is 0 Å². The molecular formula is C25H33N3O7S. The average molecular weight is 520 g/mol. The lowest BCUT2D eigenvalue weighted by molar-refractivity contribution is 0.0829. The van der Waals surface area contributed by atoms with Gasteiger partial charge in [-0.05, 0) is 50.8 Å². The molecular weight excluding hydrogens is 486 g/mol. The highest BCUT2D eigenvalue weighted by atomic mass is 32.2. The van der Waals surface area contributed by atoms with E-state index in [4.69, 9.17) is 9.84 Å². The van der Waals surface area contributed by atoms with Crippen LogP contribution in [-0.4, -0.2) is 67.7 Å². The highest BCUT2D eigenvalue weighted by Gasteiger charge is 2.28. The summed E-state index contributed by atoms with van der Waals surface area (Å²) >= 11 is 0. The number of ether oxygens (including phenoxy) is 1. The van der Waals surface area contributed by atoms with Gasteiger partial charge in [0.05, 0.1) is 29.7 Å². The lowest BCUT2D eigenvalue weighted by atomic mass is 10.0. The molecule has 0 radical (unpaired) electrons. The molecule has 2 aromatic rings. The van der Waals surface area contributed by atoms with E-state index in [0.29, 0.717) is 30.8 Å². The smallest absolute Gasteiger partial charge is 0.404 e. The van der Waals surface area contributed by atoms with E-state index in [1.807, 2.05) is 44.2 Å². The fourth-order valence-corrected chi connectivity index (χ4v) is 5.64. The van der Waals surface area contributed by atoms with Gasteiger partial charge in [0, 0.05) is 24.7 Å². The van der Waals surface area contributed by atoms with E-state index in [2.05, 4.69) is 10.6 Å². The van der Waals surface area contributed by atoms with Gasteiger partial charge >= 0.3 is 6.09 Å². The number of nitrogens with zero attached hydrogens (tertiary/aromatic N) is 1. The standard InChI is InChI=1S/C25H33N3O7S/c1-17(2)35-21-14-19(13-20(15-21)28-10-6-7-11-36(28,33)34)24(30)27-22(23(29)16-26-25(31)32)12-18-8-4-3-5-9-18/h3-5,8-9,13-15,17,22-23,26,29H,6-7,10-12,16H2,1-2H3,(H,27,30)(H,31,32)/t22-,23+/m0/s1. The van der Waals surface area contributed by atoms with Gasteiger partial charge in [-0.1, -0.05) is 30.3 Å². The third kappa shape index (κ3) is 7.59. The van der Waals surface area contributed by atoms with Crippen LogP contribution < -0.4 is 19.7 Å². The van der Waals surface area contributed by atoms with Crippen molar-refractivity contribution in [1.82, 2.24) is 10.6 Å². The van der Waals surface area contributed by atoms with E-state index >= 15 is 0 Å². The third-order valence-electron chi connectivity index (χ3n) is 5.70. The number of hydrogen-bond donors (Lipinski definition) is 4. The van der Waals surface area contributed by atoms with Crippen LogP contribution in [-0.2, 0) is 16.4 Å². The van der Waals surface area contributed by atoms with Crippen molar-refractivity contribution >= 4 is 27.7 Å². The maximum atomic E-state index is 13.3. The van der Waals surface area contributed by atoms with Gasteiger partial charge in [0.25, 0.3) is 5.91 Å². The molecule has 0 unspecified atom stereocenters. The second-order valence-corrected chi connectivity index (χ2v) is 11.0. The molecule has 3 rings (SSSR count). The van der Waals surface area contributed by atoms with E-state index in [1.165, 1.54) is 16.4 Å². The Morgan fingerprint density at radius 1 is 1.11 bits per heavy atom. The van der Waals surface area contributed by atoms with Gasteiger partial charge in [-0.25, -0.2) is 13.2 Å². The number of rotatable bonds is 10. The predicted octanol–water partition coefficient (Wildman–Crippen LogP) is 2.37. The molecule has 0 bridgehead atoms. The number of sulfonamides is 1. The van der Waals surface area contributed by atoms with Crippen molar-refractivity contribution in [3.8, 4) is 5.75 Å². The molecule has 1 saturated heterocycles. The molecule has 1 fully saturated rings. The Morgan fingerprint density at radius 2 is 1.83 bits per heavy atom. The maximum Gasteiger partial charge on any atom is 0.404 e. The summed E-state index contributed by atoms with van der Waals surface area (Å²) in [6, 6.07) is 13.0. The van der Waals surface area contributed by atoms with E-state index in [0.717, 1.165) is 5.56 Å². The fourth-order valence-electron chi connectivity index (χ4n) is 4.01. The van der Waals surface area contributed by atoms with Crippen LogP contribution in [0.4, 0.5) is 10.5 Å². The Hall–Kier alpha value is -3.31. The lowest BCUT2D eigenvalue weighted by Crippen LogP contribution is -2.49. The summed E-state index contributed by atoms with van der Waals surface area (Å²) in [4.78, 5) is 24.3. The highest BCUT2D eigenvalue weighted by molar-refractivity contribution is 7.92. The second-order valence-electron chi connectivity index (χ2n) is 9.00. The zero-order valence-corrected chi connectivity index (χ0v) is 21.2. The number of anilines is 1. The first kappa shape index (κ1) is 27.3. The van der Waals surface area contributed by atoms with Crippen LogP contribution in [0.15, 0.2) is 48.5 Å². The lowest BCUT2D eigenvalue weighted by Gasteiger charge is -2.29. The summed E-state index contributed by atoms with van der Waals surface area (Å²) in [7, 11) is -3.51. The number of hydrogen-bond acceptors (Lipinski definition) is 6. The number of carbonyl (C=O) groups excluding carboxylic acids is 1. The normalized spacial score (nSPS) is 16.7. The molecule has 2 amide bonds. The number of aliphatic hydroxyl groups excluding tert-OH is 1. The van der Waals surface area contributed by atoms with Gasteiger partial charge in [-0.3, -0.25) is 9.10 Å². The minimum Gasteiger partial charge on any atom is -0.491 e. The zero-order valence-electron chi connectivity index (χ0n) is 20.4. The Bertz CT molecular complexity index is 1160. The fraction of sp³-hybridized carbons (Fsp3) is 0.440. The van der Waals surface area contributed by atoms with Crippen LogP contribution in [0.5, 0.6) is 5.75 Å². The zero-order chi connectivity index (χ0) is 26.3. The van der Waals surface area contributed by atoms with Crippen LogP contribution in [0.3, 0.4) is 0 Å². The van der Waals surface area contributed by atoms with Crippen LogP contribution in [0.25, 0.3) is 0 Å². The summed E-state index contributed by atoms with van der Waals surface area (Å²) in [5.41, 5.74) is 1.35. The number of nitrogens with one attached hydrogen (secondary N) is 2. The predicted molar refractivity (Wildman–Crippen MR) is 136 cm³/mol. The number of aliphatic hydroxyl groups is 1. The minimum absolute atomic E-state index is 0.0334. The van der Waals surface area contributed by atoms with Crippen molar-refractivity contribution < 1.29 is 33.0 Å². The van der Waals surface area contributed by atoms with Crippen LogP contribution >= 0.6 is 0 Å². The van der Waals surface area contributed by atoms with Gasteiger partial charge in [0.1, 0.15) is 5.75 Å². The molecule has 0 aromatic heterocycles. The van der Waals surface area contributed by atoms with Crippen LogP contribution in [0, 0.1) is 0 Å². The second kappa shape index (κ2) is 12.1. The molecule has 0 saturated carbocycles. The van der Waals surface area contributed by atoms with Crippen molar-refractivity contribution in [2.45, 2.75) is 51.4 Å². The Labute approximate surface area is 211 Å². The molecule has 0 aliphatic carbocycles. The molecule has 10 nitrogen and oxygen atoms in total. The summed E-state index contributed by atoms with van der Waals surface area (Å²) < 4.78 is 32.5. The SMILES string of the molecule is CC(C)Oc1cc(C(=O)N[C@@H](Cc2ccccc2)[C@H](O)CNC(=O)O)cc(N2CCCCS2(=O)=O)c1. The van der Waals surface area contributed by atoms with Gasteiger partial charge in [-0.15, -0.1) is 0 Å².